The van der Waals surface area contributed by atoms with E-state index < -0.39 is 0 Å². The Balaban J connectivity index is 1.77. The lowest BCUT2D eigenvalue weighted by molar-refractivity contribution is -0.117. The number of rotatable bonds is 4. The summed E-state index contributed by atoms with van der Waals surface area (Å²) in [6, 6.07) is 7.76. The number of carbonyl (C=O) groups excluding carboxylic acids is 1. The van der Waals surface area contributed by atoms with E-state index in [1.807, 2.05) is 24.4 Å². The summed E-state index contributed by atoms with van der Waals surface area (Å²) < 4.78 is 0. The Morgan fingerprint density at radius 3 is 2.41 bits per heavy atom. The molecule has 0 spiro atoms. The number of hydrogen-bond donors (Lipinski definition) is 1. The van der Waals surface area contributed by atoms with Crippen molar-refractivity contribution in [1.82, 2.24) is 9.97 Å². The molecule has 0 aliphatic heterocycles. The first-order valence-electron chi connectivity index (χ1n) is 7.89. The van der Waals surface area contributed by atoms with Gasteiger partial charge in [-0.1, -0.05) is 25.3 Å². The topological polar surface area (TPSA) is 54.9 Å². The highest BCUT2D eigenvalue weighted by atomic mass is 16.1. The van der Waals surface area contributed by atoms with Gasteiger partial charge in [0, 0.05) is 30.4 Å². The van der Waals surface area contributed by atoms with Crippen LogP contribution < -0.4 is 5.32 Å². The summed E-state index contributed by atoms with van der Waals surface area (Å²) in [7, 11) is 0. The summed E-state index contributed by atoms with van der Waals surface area (Å²) in [5.74, 6) is 0.0544. The van der Waals surface area contributed by atoms with Crippen LogP contribution in [0.4, 0.5) is 5.69 Å². The van der Waals surface area contributed by atoms with Crippen molar-refractivity contribution in [3.8, 4) is 0 Å². The van der Waals surface area contributed by atoms with Crippen LogP contribution in [-0.4, -0.2) is 15.9 Å². The van der Waals surface area contributed by atoms with Crippen molar-refractivity contribution < 1.29 is 4.79 Å². The SMILES string of the molecule is O=C(CC1(c2cccnc2)CCCCC1)Nc1cccnc1. The normalized spacial score (nSPS) is 16.9. The van der Waals surface area contributed by atoms with Crippen LogP contribution in [0.5, 0.6) is 0 Å². The molecule has 0 aromatic carbocycles. The van der Waals surface area contributed by atoms with E-state index in [-0.39, 0.29) is 11.3 Å². The molecule has 1 saturated carbocycles. The molecule has 2 aromatic heterocycles. The van der Waals surface area contributed by atoms with E-state index in [4.69, 9.17) is 0 Å². The highest BCUT2D eigenvalue weighted by Crippen LogP contribution is 2.42. The summed E-state index contributed by atoms with van der Waals surface area (Å²) >= 11 is 0. The molecule has 114 valence electrons. The number of nitrogens with one attached hydrogen (secondary N) is 1. The lowest BCUT2D eigenvalue weighted by atomic mass is 9.67. The molecule has 1 aliphatic carbocycles. The molecule has 3 rings (SSSR count). The zero-order valence-electron chi connectivity index (χ0n) is 12.7. The first-order chi connectivity index (χ1) is 10.8. The quantitative estimate of drug-likeness (QED) is 0.935. The predicted molar refractivity (Wildman–Crippen MR) is 86.5 cm³/mol. The molecule has 22 heavy (non-hydrogen) atoms. The number of nitrogens with zero attached hydrogens (tertiary/aromatic N) is 2. The first kappa shape index (κ1) is 14.7. The Hall–Kier alpha value is -2.23. The molecule has 0 unspecified atom stereocenters. The second kappa shape index (κ2) is 6.69. The Morgan fingerprint density at radius 1 is 1.05 bits per heavy atom. The third-order valence-electron chi connectivity index (χ3n) is 4.53. The third kappa shape index (κ3) is 3.32. The molecule has 4 nitrogen and oxygen atoms in total. The molecule has 1 aliphatic rings. The molecule has 1 fully saturated rings. The largest absolute Gasteiger partial charge is 0.325 e. The van der Waals surface area contributed by atoms with Crippen molar-refractivity contribution in [3.63, 3.8) is 0 Å². The fourth-order valence-corrected chi connectivity index (χ4v) is 3.42. The molecular formula is C18H21N3O. The number of carbonyl (C=O) groups is 1. The maximum Gasteiger partial charge on any atom is 0.225 e. The first-order valence-corrected chi connectivity index (χ1v) is 7.89. The monoisotopic (exact) mass is 295 g/mol. The molecule has 2 aromatic rings. The smallest absolute Gasteiger partial charge is 0.225 e. The molecule has 0 atom stereocenters. The fourth-order valence-electron chi connectivity index (χ4n) is 3.42. The molecule has 2 heterocycles. The van der Waals surface area contributed by atoms with E-state index >= 15 is 0 Å². The van der Waals surface area contributed by atoms with Gasteiger partial charge in [-0.15, -0.1) is 0 Å². The molecule has 4 heteroatoms. The van der Waals surface area contributed by atoms with Crippen LogP contribution in [0.2, 0.25) is 0 Å². The maximum absolute atomic E-state index is 12.5. The molecular weight excluding hydrogens is 274 g/mol. The Morgan fingerprint density at radius 2 is 1.77 bits per heavy atom. The van der Waals surface area contributed by atoms with Crippen molar-refractivity contribution in [2.24, 2.45) is 0 Å². The van der Waals surface area contributed by atoms with Crippen LogP contribution in [0.15, 0.2) is 49.1 Å². The van der Waals surface area contributed by atoms with Gasteiger partial charge in [-0.25, -0.2) is 0 Å². The van der Waals surface area contributed by atoms with Crippen molar-refractivity contribution in [3.05, 3.63) is 54.6 Å². The van der Waals surface area contributed by atoms with Gasteiger partial charge in [0.2, 0.25) is 5.91 Å². The van der Waals surface area contributed by atoms with Gasteiger partial charge in [0.05, 0.1) is 11.9 Å². The second-order valence-corrected chi connectivity index (χ2v) is 6.05. The highest BCUT2D eigenvalue weighted by Gasteiger charge is 2.36. The van der Waals surface area contributed by atoms with Gasteiger partial charge in [-0.05, 0) is 36.6 Å². The zero-order chi connectivity index (χ0) is 15.3. The lowest BCUT2D eigenvalue weighted by Gasteiger charge is -2.37. The number of aromatic nitrogens is 2. The Labute approximate surface area is 131 Å². The number of anilines is 1. The van der Waals surface area contributed by atoms with Crippen LogP contribution in [0.1, 0.15) is 44.1 Å². The van der Waals surface area contributed by atoms with Crippen LogP contribution in [0.3, 0.4) is 0 Å². The lowest BCUT2D eigenvalue weighted by Crippen LogP contribution is -2.34. The summed E-state index contributed by atoms with van der Waals surface area (Å²) in [5.41, 5.74) is 1.87. The average Bonchev–Trinajstić information content (AvgIpc) is 2.57. The van der Waals surface area contributed by atoms with Gasteiger partial charge < -0.3 is 5.32 Å². The zero-order valence-corrected chi connectivity index (χ0v) is 12.7. The number of pyridine rings is 2. The predicted octanol–water partition coefficient (Wildman–Crippen LogP) is 3.71. The third-order valence-corrected chi connectivity index (χ3v) is 4.53. The molecule has 0 radical (unpaired) electrons. The van der Waals surface area contributed by atoms with Gasteiger partial charge in [0.1, 0.15) is 0 Å². The van der Waals surface area contributed by atoms with E-state index in [1.54, 1.807) is 18.6 Å². The van der Waals surface area contributed by atoms with Crippen molar-refractivity contribution in [2.75, 3.05) is 5.32 Å². The van der Waals surface area contributed by atoms with Gasteiger partial charge in [0.15, 0.2) is 0 Å². The minimum Gasteiger partial charge on any atom is -0.325 e. The van der Waals surface area contributed by atoms with Crippen molar-refractivity contribution in [1.29, 1.82) is 0 Å². The molecule has 0 saturated heterocycles. The van der Waals surface area contributed by atoms with Crippen LogP contribution in [0.25, 0.3) is 0 Å². The summed E-state index contributed by atoms with van der Waals surface area (Å²) in [6.45, 7) is 0. The summed E-state index contributed by atoms with van der Waals surface area (Å²) in [4.78, 5) is 20.8. The van der Waals surface area contributed by atoms with Gasteiger partial charge in [-0.3, -0.25) is 14.8 Å². The van der Waals surface area contributed by atoms with Gasteiger partial charge in [-0.2, -0.15) is 0 Å². The summed E-state index contributed by atoms with van der Waals surface area (Å²) in [6.07, 6.45) is 13.3. The van der Waals surface area contributed by atoms with Crippen LogP contribution in [-0.2, 0) is 10.2 Å². The van der Waals surface area contributed by atoms with E-state index in [9.17, 15) is 4.79 Å². The van der Waals surface area contributed by atoms with Crippen LogP contribution >= 0.6 is 0 Å². The van der Waals surface area contributed by atoms with Gasteiger partial charge >= 0.3 is 0 Å². The second-order valence-electron chi connectivity index (χ2n) is 6.05. The standard InChI is InChI=1S/C18H21N3O/c22-17(21-16-7-5-11-20-14-16)12-18(8-2-1-3-9-18)15-6-4-10-19-13-15/h4-7,10-11,13-14H,1-3,8-9,12H2,(H,21,22). The highest BCUT2D eigenvalue weighted by molar-refractivity contribution is 5.91. The van der Waals surface area contributed by atoms with Crippen LogP contribution in [0, 0.1) is 0 Å². The summed E-state index contributed by atoms with van der Waals surface area (Å²) in [5, 5.41) is 2.96. The maximum atomic E-state index is 12.5. The fraction of sp³-hybridized carbons (Fsp3) is 0.389. The molecule has 1 amide bonds. The van der Waals surface area contributed by atoms with E-state index in [0.717, 1.165) is 18.5 Å². The Kier molecular flexibility index (Phi) is 4.47. The number of hydrogen-bond acceptors (Lipinski definition) is 3. The van der Waals surface area contributed by atoms with Gasteiger partial charge in [0.25, 0.3) is 0 Å². The van der Waals surface area contributed by atoms with E-state index in [1.165, 1.54) is 24.8 Å². The van der Waals surface area contributed by atoms with Crippen molar-refractivity contribution in [2.45, 2.75) is 43.9 Å². The van der Waals surface area contributed by atoms with Crippen molar-refractivity contribution >= 4 is 11.6 Å². The number of amides is 1. The minimum atomic E-state index is -0.0706. The minimum absolute atomic E-state index is 0.0544. The Bertz CT molecular complexity index is 607. The molecule has 1 N–H and O–H groups in total. The average molecular weight is 295 g/mol. The van der Waals surface area contributed by atoms with E-state index in [2.05, 4.69) is 21.4 Å². The molecule has 0 bridgehead atoms. The van der Waals surface area contributed by atoms with E-state index in [0.29, 0.717) is 6.42 Å².